The summed E-state index contributed by atoms with van der Waals surface area (Å²) in [6.45, 7) is 6.81. The number of anilines is 1. The topological polar surface area (TPSA) is 158 Å². The molecule has 4 aromatic rings. The van der Waals surface area contributed by atoms with Gasteiger partial charge in [0.1, 0.15) is 17.0 Å². The summed E-state index contributed by atoms with van der Waals surface area (Å²) in [6.07, 6.45) is -3.54. The molecule has 0 radical (unpaired) electrons. The van der Waals surface area contributed by atoms with Gasteiger partial charge < -0.3 is 30.2 Å². The number of thiophene rings is 1. The highest BCUT2D eigenvalue weighted by molar-refractivity contribution is 7.13. The first kappa shape index (κ1) is 37.7. The molecule has 3 N–H and O–H groups in total. The Morgan fingerprint density at radius 2 is 1.75 bits per heavy atom. The molecule has 52 heavy (non-hydrogen) atoms. The minimum atomic E-state index is -4.90. The van der Waals surface area contributed by atoms with Gasteiger partial charge in [0, 0.05) is 40.1 Å². The van der Waals surface area contributed by atoms with Gasteiger partial charge >= 0.3 is 18.2 Å². The number of benzene rings is 1. The van der Waals surface area contributed by atoms with Crippen molar-refractivity contribution in [3.63, 3.8) is 0 Å². The molecule has 0 atom stereocenters. The third-order valence-electron chi connectivity index (χ3n) is 7.65. The van der Waals surface area contributed by atoms with Crippen molar-refractivity contribution in [1.29, 1.82) is 0 Å². The number of rotatable bonds is 9. The first-order chi connectivity index (χ1) is 24.6. The van der Waals surface area contributed by atoms with E-state index in [0.29, 0.717) is 43.4 Å². The van der Waals surface area contributed by atoms with E-state index in [0.717, 1.165) is 23.7 Å². The van der Waals surface area contributed by atoms with Gasteiger partial charge in [-0.1, -0.05) is 6.92 Å². The third-order valence-corrected chi connectivity index (χ3v) is 8.64. The smallest absolute Gasteiger partial charge is 0.418 e. The Kier molecular flexibility index (Phi) is 11.2. The molecule has 1 aromatic carbocycles. The fourth-order valence-corrected chi connectivity index (χ4v) is 6.30. The number of nitrogens with one attached hydrogen (secondary N) is 3. The molecular formula is C36H36F3N5O7S. The van der Waals surface area contributed by atoms with E-state index in [-0.39, 0.29) is 33.8 Å². The van der Waals surface area contributed by atoms with Crippen molar-refractivity contribution in [3.05, 3.63) is 81.7 Å². The lowest BCUT2D eigenvalue weighted by molar-refractivity contribution is -0.138. The van der Waals surface area contributed by atoms with E-state index in [4.69, 9.17) is 14.2 Å². The van der Waals surface area contributed by atoms with Crippen molar-refractivity contribution >= 4 is 40.9 Å². The Morgan fingerprint density at radius 3 is 2.44 bits per heavy atom. The predicted octanol–water partition coefficient (Wildman–Crippen LogP) is 7.03. The van der Waals surface area contributed by atoms with Gasteiger partial charge in [-0.3, -0.25) is 14.6 Å². The summed E-state index contributed by atoms with van der Waals surface area (Å²) in [5.74, 6) is -1.85. The van der Waals surface area contributed by atoms with Crippen LogP contribution in [-0.2, 0) is 28.6 Å². The van der Waals surface area contributed by atoms with Gasteiger partial charge in [0.2, 0.25) is 0 Å². The highest BCUT2D eigenvalue weighted by atomic mass is 32.1. The van der Waals surface area contributed by atoms with E-state index < -0.39 is 53.5 Å². The molecule has 1 aliphatic heterocycles. The summed E-state index contributed by atoms with van der Waals surface area (Å²) < 4.78 is 58.9. The van der Waals surface area contributed by atoms with Crippen LogP contribution in [0.4, 0.5) is 23.7 Å². The van der Waals surface area contributed by atoms with Crippen LogP contribution in [0.15, 0.2) is 48.0 Å². The highest BCUT2D eigenvalue weighted by Gasteiger charge is 2.35. The number of alkyl carbamates (subject to hydrolysis) is 1. The molecule has 0 saturated heterocycles. The zero-order chi connectivity index (χ0) is 37.8. The normalized spacial score (nSPS) is 12.4. The number of halogens is 3. The van der Waals surface area contributed by atoms with Crippen LogP contribution in [0.1, 0.15) is 82.3 Å². The molecule has 0 aliphatic carbocycles. The molecule has 4 heterocycles. The first-order valence-corrected chi connectivity index (χ1v) is 17.1. The minimum absolute atomic E-state index is 0.0389. The number of carbonyl (C=O) groups excluding carboxylic acids is 4. The lowest BCUT2D eigenvalue weighted by Crippen LogP contribution is -2.33. The molecule has 3 aromatic heterocycles. The molecule has 1 aliphatic rings. The van der Waals surface area contributed by atoms with Crippen LogP contribution < -0.4 is 20.7 Å². The zero-order valence-electron chi connectivity index (χ0n) is 28.9. The molecule has 12 nitrogen and oxygen atoms in total. The number of carbonyl (C=O) groups is 4. The zero-order valence-corrected chi connectivity index (χ0v) is 29.8. The molecule has 0 saturated carbocycles. The lowest BCUT2D eigenvalue weighted by Gasteiger charge is -2.20. The molecule has 0 unspecified atom stereocenters. The molecule has 16 heteroatoms. The third kappa shape index (κ3) is 8.67. The van der Waals surface area contributed by atoms with E-state index in [1.165, 1.54) is 23.5 Å². The van der Waals surface area contributed by atoms with E-state index >= 15 is 0 Å². The minimum Gasteiger partial charge on any atom is -0.493 e. The molecule has 0 spiro atoms. The number of ether oxygens (including phenoxy) is 3. The van der Waals surface area contributed by atoms with Crippen molar-refractivity contribution in [1.82, 2.24) is 20.6 Å². The Labute approximate surface area is 301 Å². The van der Waals surface area contributed by atoms with E-state index in [1.807, 2.05) is 18.4 Å². The molecule has 274 valence electrons. The van der Waals surface area contributed by atoms with Crippen molar-refractivity contribution in [3.8, 4) is 27.3 Å². The Morgan fingerprint density at radius 1 is 0.981 bits per heavy atom. The van der Waals surface area contributed by atoms with Crippen LogP contribution in [0.5, 0.6) is 5.75 Å². The number of pyridine rings is 2. The Balaban J connectivity index is 1.59. The van der Waals surface area contributed by atoms with Crippen LogP contribution in [0.2, 0.25) is 0 Å². The van der Waals surface area contributed by atoms with E-state index in [2.05, 4.69) is 25.9 Å². The fraction of sp³-hybridized carbons (Fsp3) is 0.333. The maximum atomic E-state index is 14.2. The monoisotopic (exact) mass is 739 g/mol. The van der Waals surface area contributed by atoms with Gasteiger partial charge in [-0.05, 0) is 74.5 Å². The van der Waals surface area contributed by atoms with Crippen molar-refractivity contribution < 1.29 is 46.6 Å². The van der Waals surface area contributed by atoms with Gasteiger partial charge in [0.05, 0.1) is 43.4 Å². The number of hydrogen-bond donors (Lipinski definition) is 3. The number of esters is 1. The number of methoxy groups -OCH3 is 1. The van der Waals surface area contributed by atoms with Crippen LogP contribution in [-0.4, -0.2) is 59.7 Å². The maximum Gasteiger partial charge on any atom is 0.418 e. The van der Waals surface area contributed by atoms with Crippen LogP contribution in [0.25, 0.3) is 21.6 Å². The van der Waals surface area contributed by atoms with E-state index in [1.54, 1.807) is 32.9 Å². The Hall–Kier alpha value is -5.51. The number of aromatic nitrogens is 2. The average molecular weight is 740 g/mol. The maximum absolute atomic E-state index is 14.2. The molecule has 0 bridgehead atoms. The number of alkyl halides is 3. The van der Waals surface area contributed by atoms with Crippen molar-refractivity contribution in [2.45, 2.75) is 58.9 Å². The summed E-state index contributed by atoms with van der Waals surface area (Å²) >= 11 is 1.43. The average Bonchev–Trinajstić information content (AvgIpc) is 3.49. The number of hydrogen-bond acceptors (Lipinski definition) is 10. The number of nitrogens with zero attached hydrogens (tertiary/aromatic N) is 2. The van der Waals surface area contributed by atoms with Gasteiger partial charge in [0.15, 0.2) is 5.69 Å². The quantitative estimate of drug-likeness (QED) is 0.153. The summed E-state index contributed by atoms with van der Waals surface area (Å²) in [4.78, 5) is 61.1. The van der Waals surface area contributed by atoms with Gasteiger partial charge in [-0.2, -0.15) is 13.2 Å². The number of amides is 3. The largest absolute Gasteiger partial charge is 0.493 e. The summed E-state index contributed by atoms with van der Waals surface area (Å²) in [5, 5.41) is 9.37. The van der Waals surface area contributed by atoms with Crippen LogP contribution in [0, 0.1) is 0 Å². The fourth-order valence-electron chi connectivity index (χ4n) is 5.33. The lowest BCUT2D eigenvalue weighted by atomic mass is 9.93. The molecule has 0 fully saturated rings. The van der Waals surface area contributed by atoms with Crippen LogP contribution >= 0.6 is 11.3 Å². The Bertz CT molecular complexity index is 2020. The van der Waals surface area contributed by atoms with Gasteiger partial charge in [0.25, 0.3) is 11.8 Å². The highest BCUT2D eigenvalue weighted by Crippen LogP contribution is 2.43. The standard InChI is InChI=1S/C36H36F3N5O7S/c1-6-11-40-32(46)26-8-7-21(29(44-26)33(47)49-5)22-16-28-24(30-19(9-12-50-28)10-13-52-30)15-23(22)31(45)43-20-14-25(36(37,38)39)27(41-17-20)18-42-34(48)51-35(2,3)4/h7-8,10,13-17H,6,9,11-12,18H2,1-5H3,(H,40,46)(H,42,48)(H,43,45). The summed E-state index contributed by atoms with van der Waals surface area (Å²) in [6, 6.07) is 8.59. The number of fused-ring (bicyclic) bond motifs is 3. The van der Waals surface area contributed by atoms with Gasteiger partial charge in [-0.15, -0.1) is 11.3 Å². The SMILES string of the molecule is CCCNC(=O)c1ccc(-c2cc3c(cc2C(=O)Nc2cnc(CNC(=O)OC(C)(C)C)c(C(F)(F)F)c2)-c2sccc2CCO3)c(C(=O)OC)n1. The van der Waals surface area contributed by atoms with Crippen LogP contribution in [0.3, 0.4) is 0 Å². The summed E-state index contributed by atoms with van der Waals surface area (Å²) in [7, 11) is 1.14. The van der Waals surface area contributed by atoms with Crippen molar-refractivity contribution in [2.24, 2.45) is 0 Å². The molecular weight excluding hydrogens is 703 g/mol. The van der Waals surface area contributed by atoms with Crippen molar-refractivity contribution in [2.75, 3.05) is 25.6 Å². The van der Waals surface area contributed by atoms with Gasteiger partial charge in [-0.25, -0.2) is 14.6 Å². The molecule has 5 rings (SSSR count). The second kappa shape index (κ2) is 15.4. The second-order valence-electron chi connectivity index (χ2n) is 12.6. The first-order valence-electron chi connectivity index (χ1n) is 16.2. The predicted molar refractivity (Wildman–Crippen MR) is 186 cm³/mol. The van der Waals surface area contributed by atoms with E-state index in [9.17, 15) is 32.3 Å². The second-order valence-corrected chi connectivity index (χ2v) is 13.5. The summed E-state index contributed by atoms with van der Waals surface area (Å²) in [5.41, 5.74) is -1.41. The molecule has 3 amide bonds.